The number of carbonyl (C=O) groups is 2. The Morgan fingerprint density at radius 2 is 1.93 bits per heavy atom. The highest BCUT2D eigenvalue weighted by molar-refractivity contribution is 5.94. The Balaban J connectivity index is 2.84. The second kappa shape index (κ2) is 3.83. The number of rotatable bonds is 1. The number of hydrogen-bond donors (Lipinski definition) is 1. The molecular weight excluding hydrogens is 194 g/mol. The topological polar surface area (TPSA) is 55.4 Å². The number of methoxy groups -OCH3 is 1. The molecule has 0 heterocycles. The molecule has 0 bridgehead atoms. The average molecular weight is 213 g/mol. The van der Waals surface area contributed by atoms with Crippen LogP contribution in [0.2, 0.25) is 0 Å². The molecule has 4 nitrogen and oxygen atoms in total. The molecule has 1 aliphatic rings. The van der Waals surface area contributed by atoms with E-state index in [1.807, 2.05) is 27.7 Å². The quantitative estimate of drug-likeness (QED) is 0.719. The van der Waals surface area contributed by atoms with Crippen molar-refractivity contribution in [2.24, 2.45) is 17.3 Å². The van der Waals surface area contributed by atoms with E-state index in [1.54, 1.807) is 0 Å². The van der Waals surface area contributed by atoms with Crippen molar-refractivity contribution in [3.8, 4) is 0 Å². The second-order valence-corrected chi connectivity index (χ2v) is 4.85. The van der Waals surface area contributed by atoms with Crippen LogP contribution in [0, 0.1) is 17.3 Å². The van der Waals surface area contributed by atoms with E-state index in [0.717, 1.165) is 0 Å². The Bertz CT molecular complexity index is 286. The molecule has 15 heavy (non-hydrogen) atoms. The predicted molar refractivity (Wildman–Crippen MR) is 56.4 cm³/mol. The van der Waals surface area contributed by atoms with Gasteiger partial charge in [-0.05, 0) is 11.8 Å². The SMILES string of the molecule is COC(=O)N[C@@H]1C(=O)C(C)(C)C(C)[C@H]1C. The lowest BCUT2D eigenvalue weighted by molar-refractivity contribution is -0.126. The molecule has 1 aliphatic carbocycles. The Labute approximate surface area is 90.4 Å². The van der Waals surface area contributed by atoms with Crippen LogP contribution in [0.3, 0.4) is 0 Å². The molecule has 0 aromatic carbocycles. The molecule has 0 radical (unpaired) electrons. The Kier molecular flexibility index (Phi) is 3.07. The molecule has 1 unspecified atom stereocenters. The van der Waals surface area contributed by atoms with Crippen LogP contribution in [-0.4, -0.2) is 25.0 Å². The van der Waals surface area contributed by atoms with Gasteiger partial charge in [-0.1, -0.05) is 27.7 Å². The fourth-order valence-corrected chi connectivity index (χ4v) is 2.19. The normalized spacial score (nSPS) is 33.9. The first-order chi connectivity index (χ1) is 6.82. The van der Waals surface area contributed by atoms with Gasteiger partial charge in [0.2, 0.25) is 0 Å². The van der Waals surface area contributed by atoms with Gasteiger partial charge in [-0.25, -0.2) is 4.79 Å². The predicted octanol–water partition coefficient (Wildman–Crippen LogP) is 1.59. The van der Waals surface area contributed by atoms with Gasteiger partial charge in [0.25, 0.3) is 0 Å². The van der Waals surface area contributed by atoms with E-state index in [0.29, 0.717) is 0 Å². The van der Waals surface area contributed by atoms with Crippen molar-refractivity contribution in [2.75, 3.05) is 7.11 Å². The number of hydrogen-bond acceptors (Lipinski definition) is 3. The summed E-state index contributed by atoms with van der Waals surface area (Å²) < 4.78 is 4.51. The smallest absolute Gasteiger partial charge is 0.407 e. The molecule has 1 rings (SSSR count). The van der Waals surface area contributed by atoms with E-state index < -0.39 is 12.1 Å². The zero-order valence-corrected chi connectivity index (χ0v) is 9.96. The van der Waals surface area contributed by atoms with Crippen LogP contribution in [0.25, 0.3) is 0 Å². The minimum atomic E-state index is -0.537. The molecule has 1 saturated carbocycles. The van der Waals surface area contributed by atoms with E-state index in [9.17, 15) is 9.59 Å². The molecule has 86 valence electrons. The number of alkyl carbamates (subject to hydrolysis) is 1. The number of carbonyl (C=O) groups excluding carboxylic acids is 2. The number of nitrogens with one attached hydrogen (secondary N) is 1. The van der Waals surface area contributed by atoms with Gasteiger partial charge >= 0.3 is 6.09 Å². The first kappa shape index (κ1) is 12.0. The minimum Gasteiger partial charge on any atom is -0.453 e. The maximum absolute atomic E-state index is 12.0. The first-order valence-electron chi connectivity index (χ1n) is 5.21. The molecule has 0 aromatic heterocycles. The third-order valence-electron chi connectivity index (χ3n) is 3.83. The van der Waals surface area contributed by atoms with Crippen LogP contribution in [0.4, 0.5) is 4.79 Å². The Morgan fingerprint density at radius 3 is 2.27 bits per heavy atom. The van der Waals surface area contributed by atoms with Gasteiger partial charge in [0.1, 0.15) is 0 Å². The molecule has 0 aliphatic heterocycles. The maximum Gasteiger partial charge on any atom is 0.407 e. The summed E-state index contributed by atoms with van der Waals surface area (Å²) in [5.74, 6) is 0.492. The van der Waals surface area contributed by atoms with Gasteiger partial charge in [-0.3, -0.25) is 4.79 Å². The van der Waals surface area contributed by atoms with Gasteiger partial charge in [-0.15, -0.1) is 0 Å². The van der Waals surface area contributed by atoms with Gasteiger partial charge in [0, 0.05) is 5.41 Å². The lowest BCUT2D eigenvalue weighted by Crippen LogP contribution is -2.43. The molecule has 0 spiro atoms. The van der Waals surface area contributed by atoms with E-state index in [2.05, 4.69) is 10.1 Å². The van der Waals surface area contributed by atoms with Crippen LogP contribution in [0.1, 0.15) is 27.7 Å². The van der Waals surface area contributed by atoms with Gasteiger partial charge in [-0.2, -0.15) is 0 Å². The van der Waals surface area contributed by atoms with Crippen LogP contribution in [0.15, 0.2) is 0 Å². The van der Waals surface area contributed by atoms with Crippen LogP contribution in [-0.2, 0) is 9.53 Å². The number of ketones is 1. The minimum absolute atomic E-state index is 0.0906. The summed E-state index contributed by atoms with van der Waals surface area (Å²) in [5, 5.41) is 2.60. The van der Waals surface area contributed by atoms with E-state index in [4.69, 9.17) is 0 Å². The summed E-state index contributed by atoms with van der Waals surface area (Å²) in [6, 6.07) is -0.414. The molecule has 1 N–H and O–H groups in total. The maximum atomic E-state index is 12.0. The van der Waals surface area contributed by atoms with Crippen LogP contribution < -0.4 is 5.32 Å². The highest BCUT2D eigenvalue weighted by atomic mass is 16.5. The second-order valence-electron chi connectivity index (χ2n) is 4.85. The Morgan fingerprint density at radius 1 is 1.40 bits per heavy atom. The monoisotopic (exact) mass is 213 g/mol. The summed E-state index contributed by atoms with van der Waals surface area (Å²) in [6.07, 6.45) is -0.537. The fraction of sp³-hybridized carbons (Fsp3) is 0.818. The summed E-state index contributed by atoms with van der Waals surface area (Å²) >= 11 is 0. The third-order valence-corrected chi connectivity index (χ3v) is 3.83. The number of Topliss-reactive ketones (excluding diaryl/α,β-unsaturated/α-hetero) is 1. The van der Waals surface area contributed by atoms with Crippen molar-refractivity contribution in [2.45, 2.75) is 33.7 Å². The van der Waals surface area contributed by atoms with E-state index >= 15 is 0 Å². The lowest BCUT2D eigenvalue weighted by Gasteiger charge is -2.22. The average Bonchev–Trinajstić information content (AvgIpc) is 2.33. The van der Waals surface area contributed by atoms with Crippen molar-refractivity contribution in [3.63, 3.8) is 0 Å². The number of ether oxygens (including phenoxy) is 1. The number of amides is 1. The third kappa shape index (κ3) is 1.85. The standard InChI is InChI=1S/C11H19NO3/c1-6-7(2)11(3,4)9(13)8(6)12-10(14)15-5/h6-8H,1-5H3,(H,12,14)/t6-,7?,8+/m1/s1. The summed E-state index contributed by atoms with van der Waals surface area (Å²) in [6.45, 7) is 7.88. The zero-order valence-electron chi connectivity index (χ0n) is 9.96. The molecule has 3 atom stereocenters. The zero-order chi connectivity index (χ0) is 11.8. The molecular formula is C11H19NO3. The molecule has 1 fully saturated rings. The highest BCUT2D eigenvalue weighted by Gasteiger charge is 2.51. The van der Waals surface area contributed by atoms with Crippen molar-refractivity contribution in [1.82, 2.24) is 5.32 Å². The van der Waals surface area contributed by atoms with Crippen molar-refractivity contribution in [3.05, 3.63) is 0 Å². The van der Waals surface area contributed by atoms with Gasteiger partial charge < -0.3 is 10.1 Å². The molecule has 1 amide bonds. The van der Waals surface area contributed by atoms with Crippen LogP contribution >= 0.6 is 0 Å². The largest absolute Gasteiger partial charge is 0.453 e. The van der Waals surface area contributed by atoms with E-state index in [1.165, 1.54) is 7.11 Å². The molecule has 4 heteroatoms. The van der Waals surface area contributed by atoms with Gasteiger partial charge in [0.05, 0.1) is 13.2 Å². The first-order valence-corrected chi connectivity index (χ1v) is 5.21. The van der Waals surface area contributed by atoms with Crippen LogP contribution in [0.5, 0.6) is 0 Å². The molecule has 0 aromatic rings. The fourth-order valence-electron chi connectivity index (χ4n) is 2.19. The summed E-state index contributed by atoms with van der Waals surface area (Å²) in [4.78, 5) is 23.1. The van der Waals surface area contributed by atoms with Crippen molar-refractivity contribution >= 4 is 11.9 Å². The van der Waals surface area contributed by atoms with Crippen molar-refractivity contribution in [1.29, 1.82) is 0 Å². The van der Waals surface area contributed by atoms with E-state index in [-0.39, 0.29) is 23.0 Å². The molecule has 0 saturated heterocycles. The summed E-state index contributed by atoms with van der Waals surface area (Å²) in [7, 11) is 1.30. The lowest BCUT2D eigenvalue weighted by atomic mass is 9.80. The van der Waals surface area contributed by atoms with Gasteiger partial charge in [0.15, 0.2) is 5.78 Å². The Hall–Kier alpha value is -1.06. The highest BCUT2D eigenvalue weighted by Crippen LogP contribution is 2.43. The summed E-state index contributed by atoms with van der Waals surface area (Å²) in [5.41, 5.74) is -0.370. The van der Waals surface area contributed by atoms with Crippen molar-refractivity contribution < 1.29 is 14.3 Å².